The first kappa shape index (κ1) is 14.6. The predicted molar refractivity (Wildman–Crippen MR) is 82.0 cm³/mol. The molecule has 0 bridgehead atoms. The van der Waals surface area contributed by atoms with E-state index in [0.717, 1.165) is 22.9 Å². The number of ether oxygens (including phenoxy) is 1. The maximum absolute atomic E-state index is 12.3. The lowest BCUT2D eigenvalue weighted by atomic mass is 10.2. The van der Waals surface area contributed by atoms with E-state index in [1.54, 1.807) is 17.5 Å². The SMILES string of the molecule is CCc1csc(N(C)Cc2c[nH]c(C)c(OC)c2=O)n1. The van der Waals surface area contributed by atoms with Gasteiger partial charge >= 0.3 is 0 Å². The molecule has 2 aromatic heterocycles. The van der Waals surface area contributed by atoms with Crippen molar-refractivity contribution in [1.82, 2.24) is 9.97 Å². The van der Waals surface area contributed by atoms with Crippen molar-refractivity contribution in [1.29, 1.82) is 0 Å². The second-order valence-electron chi connectivity index (χ2n) is 4.63. The minimum atomic E-state index is -0.0668. The van der Waals surface area contributed by atoms with Gasteiger partial charge in [0.1, 0.15) is 0 Å². The molecule has 108 valence electrons. The summed E-state index contributed by atoms with van der Waals surface area (Å²) in [6.07, 6.45) is 2.66. The molecule has 0 amide bonds. The van der Waals surface area contributed by atoms with Gasteiger partial charge < -0.3 is 14.6 Å². The van der Waals surface area contributed by atoms with Crippen molar-refractivity contribution in [3.05, 3.63) is 38.8 Å². The van der Waals surface area contributed by atoms with Gasteiger partial charge in [-0.1, -0.05) is 6.92 Å². The largest absolute Gasteiger partial charge is 0.491 e. The lowest BCUT2D eigenvalue weighted by molar-refractivity contribution is 0.404. The number of methoxy groups -OCH3 is 1. The molecule has 0 aliphatic heterocycles. The molecule has 5 nitrogen and oxygen atoms in total. The molecule has 2 heterocycles. The number of anilines is 1. The van der Waals surface area contributed by atoms with Crippen LogP contribution in [0.1, 0.15) is 23.9 Å². The number of hydrogen-bond donors (Lipinski definition) is 1. The minimum absolute atomic E-state index is 0.0668. The average Bonchev–Trinajstić information content (AvgIpc) is 2.91. The molecule has 0 aliphatic carbocycles. The third-order valence-electron chi connectivity index (χ3n) is 3.14. The lowest BCUT2D eigenvalue weighted by Gasteiger charge is -2.16. The molecule has 6 heteroatoms. The van der Waals surface area contributed by atoms with E-state index in [0.29, 0.717) is 17.9 Å². The van der Waals surface area contributed by atoms with Crippen LogP contribution in [0.5, 0.6) is 5.75 Å². The van der Waals surface area contributed by atoms with Crippen LogP contribution < -0.4 is 15.1 Å². The molecule has 2 rings (SSSR count). The minimum Gasteiger partial charge on any atom is -0.491 e. The highest BCUT2D eigenvalue weighted by molar-refractivity contribution is 7.13. The Balaban J connectivity index is 2.23. The van der Waals surface area contributed by atoms with Crippen LogP contribution >= 0.6 is 11.3 Å². The predicted octanol–water partition coefficient (Wildman–Crippen LogP) is 2.35. The van der Waals surface area contributed by atoms with Crippen molar-refractivity contribution in [3.63, 3.8) is 0 Å². The van der Waals surface area contributed by atoms with E-state index in [1.807, 2.05) is 24.3 Å². The van der Waals surface area contributed by atoms with Crippen LogP contribution in [0.4, 0.5) is 5.13 Å². The summed E-state index contributed by atoms with van der Waals surface area (Å²) in [5, 5.41) is 2.96. The van der Waals surface area contributed by atoms with Gasteiger partial charge in [-0.3, -0.25) is 4.79 Å². The summed E-state index contributed by atoms with van der Waals surface area (Å²) in [4.78, 5) is 21.8. The average molecular weight is 293 g/mol. The van der Waals surface area contributed by atoms with E-state index in [-0.39, 0.29) is 5.43 Å². The van der Waals surface area contributed by atoms with Gasteiger partial charge in [0.25, 0.3) is 0 Å². The van der Waals surface area contributed by atoms with Crippen LogP contribution in [-0.4, -0.2) is 24.1 Å². The molecule has 0 saturated heterocycles. The molecule has 0 aromatic carbocycles. The molecule has 0 fully saturated rings. The number of hydrogen-bond acceptors (Lipinski definition) is 5. The third kappa shape index (κ3) is 2.85. The number of nitrogens with one attached hydrogen (secondary N) is 1. The van der Waals surface area contributed by atoms with Crippen LogP contribution in [0, 0.1) is 6.92 Å². The van der Waals surface area contributed by atoms with Crippen LogP contribution in [0.2, 0.25) is 0 Å². The normalized spacial score (nSPS) is 10.6. The Morgan fingerprint density at radius 1 is 1.50 bits per heavy atom. The van der Waals surface area contributed by atoms with E-state index in [1.165, 1.54) is 7.11 Å². The summed E-state index contributed by atoms with van der Waals surface area (Å²) in [6.45, 7) is 4.40. The Kier molecular flexibility index (Phi) is 4.44. The Labute approximate surface area is 122 Å². The first-order valence-corrected chi connectivity index (χ1v) is 7.35. The summed E-state index contributed by atoms with van der Waals surface area (Å²) in [5.74, 6) is 0.379. The molecule has 2 aromatic rings. The van der Waals surface area contributed by atoms with Gasteiger partial charge in [0.2, 0.25) is 5.43 Å². The molecule has 1 N–H and O–H groups in total. The zero-order valence-corrected chi connectivity index (χ0v) is 13.0. The van der Waals surface area contributed by atoms with Crippen LogP contribution in [0.3, 0.4) is 0 Å². The maximum atomic E-state index is 12.3. The molecule has 0 saturated carbocycles. The number of nitrogens with zero attached hydrogens (tertiary/aromatic N) is 2. The smallest absolute Gasteiger partial charge is 0.228 e. The summed E-state index contributed by atoms with van der Waals surface area (Å²) in [6, 6.07) is 0. The van der Waals surface area contributed by atoms with E-state index < -0.39 is 0 Å². The quantitative estimate of drug-likeness (QED) is 0.919. The lowest BCUT2D eigenvalue weighted by Crippen LogP contribution is -2.23. The number of thiazole rings is 1. The van der Waals surface area contributed by atoms with Crippen molar-refractivity contribution in [2.75, 3.05) is 19.1 Å². The van der Waals surface area contributed by atoms with E-state index in [9.17, 15) is 4.79 Å². The van der Waals surface area contributed by atoms with E-state index >= 15 is 0 Å². The monoisotopic (exact) mass is 293 g/mol. The summed E-state index contributed by atoms with van der Waals surface area (Å²) >= 11 is 1.59. The Morgan fingerprint density at radius 3 is 2.85 bits per heavy atom. The zero-order valence-electron chi connectivity index (χ0n) is 12.2. The molecular weight excluding hydrogens is 274 g/mol. The summed E-state index contributed by atoms with van der Waals surface area (Å²) < 4.78 is 5.15. The number of aromatic amines is 1. The number of rotatable bonds is 5. The van der Waals surface area contributed by atoms with E-state index in [4.69, 9.17) is 4.74 Å². The van der Waals surface area contributed by atoms with Gasteiger partial charge in [-0.05, 0) is 13.3 Å². The highest BCUT2D eigenvalue weighted by Gasteiger charge is 2.13. The van der Waals surface area contributed by atoms with Gasteiger partial charge in [-0.2, -0.15) is 0 Å². The standard InChI is InChI=1S/C14H19N3O2S/c1-5-11-8-20-14(16-11)17(3)7-10-6-15-9(2)13(19-4)12(10)18/h6,8H,5,7H2,1-4H3,(H,15,18). The molecular formula is C14H19N3O2S. The van der Waals surface area contributed by atoms with Gasteiger partial charge in [-0.25, -0.2) is 4.98 Å². The molecule has 0 atom stereocenters. The van der Waals surface area contributed by atoms with Gasteiger partial charge in [0.05, 0.1) is 25.0 Å². The highest BCUT2D eigenvalue weighted by atomic mass is 32.1. The molecule has 0 aliphatic rings. The van der Waals surface area contributed by atoms with Crippen LogP contribution in [-0.2, 0) is 13.0 Å². The number of pyridine rings is 1. The van der Waals surface area contributed by atoms with Crippen molar-refractivity contribution < 1.29 is 4.74 Å². The summed E-state index contributed by atoms with van der Waals surface area (Å²) in [5.41, 5.74) is 2.42. The highest BCUT2D eigenvalue weighted by Crippen LogP contribution is 2.21. The van der Waals surface area contributed by atoms with Crippen molar-refractivity contribution in [2.24, 2.45) is 0 Å². The van der Waals surface area contributed by atoms with Crippen molar-refractivity contribution in [2.45, 2.75) is 26.8 Å². The van der Waals surface area contributed by atoms with Gasteiger partial charge in [0, 0.05) is 24.2 Å². The van der Waals surface area contributed by atoms with Crippen molar-refractivity contribution >= 4 is 16.5 Å². The second-order valence-corrected chi connectivity index (χ2v) is 5.47. The Bertz CT molecular complexity index is 648. The fourth-order valence-electron chi connectivity index (χ4n) is 1.96. The van der Waals surface area contributed by atoms with Crippen LogP contribution in [0.25, 0.3) is 0 Å². The number of H-pyrrole nitrogens is 1. The molecule has 0 unspecified atom stereocenters. The first-order chi connectivity index (χ1) is 9.56. The third-order valence-corrected chi connectivity index (χ3v) is 4.15. The molecule has 0 radical (unpaired) electrons. The van der Waals surface area contributed by atoms with Crippen LogP contribution in [0.15, 0.2) is 16.4 Å². The molecule has 20 heavy (non-hydrogen) atoms. The van der Waals surface area contributed by atoms with Gasteiger partial charge in [-0.15, -0.1) is 11.3 Å². The van der Waals surface area contributed by atoms with Gasteiger partial charge in [0.15, 0.2) is 10.9 Å². The molecule has 0 spiro atoms. The number of aryl methyl sites for hydroxylation is 2. The summed E-state index contributed by atoms with van der Waals surface area (Å²) in [7, 11) is 3.45. The number of aromatic nitrogens is 2. The second kappa shape index (κ2) is 6.09. The fourth-order valence-corrected chi connectivity index (χ4v) is 2.84. The first-order valence-electron chi connectivity index (χ1n) is 6.47. The Hall–Kier alpha value is -1.82. The van der Waals surface area contributed by atoms with E-state index in [2.05, 4.69) is 16.9 Å². The topological polar surface area (TPSA) is 58.2 Å². The fraction of sp³-hybridized carbons (Fsp3) is 0.429. The van der Waals surface area contributed by atoms with Crippen molar-refractivity contribution in [3.8, 4) is 5.75 Å². The zero-order chi connectivity index (χ0) is 14.7. The maximum Gasteiger partial charge on any atom is 0.228 e. The Morgan fingerprint density at radius 2 is 2.25 bits per heavy atom.